The van der Waals surface area contributed by atoms with Crippen LogP contribution in [0.2, 0.25) is 0 Å². The Balaban J connectivity index is 1.99. The van der Waals surface area contributed by atoms with Crippen molar-refractivity contribution < 1.29 is 4.79 Å². The number of benzene rings is 1. The third-order valence-corrected chi connectivity index (χ3v) is 2.75. The first-order valence-electron chi connectivity index (χ1n) is 4.98. The summed E-state index contributed by atoms with van der Waals surface area (Å²) in [5, 5.41) is 8.98. The molecule has 0 fully saturated rings. The predicted octanol–water partition coefficient (Wildman–Crippen LogP) is 1.68. The van der Waals surface area contributed by atoms with E-state index < -0.39 is 0 Å². The molecular formula is C11H11BrN4O. The maximum absolute atomic E-state index is 11.7. The second-order valence-corrected chi connectivity index (χ2v) is 4.43. The topological polar surface area (TPSA) is 83.8 Å². The molecule has 0 aliphatic heterocycles. The highest BCUT2D eigenvalue weighted by atomic mass is 79.9. The summed E-state index contributed by atoms with van der Waals surface area (Å²) in [6.07, 6.45) is 1.41. The third kappa shape index (κ3) is 2.85. The van der Waals surface area contributed by atoms with Gasteiger partial charge in [-0.3, -0.25) is 9.89 Å². The number of nitrogen functional groups attached to an aromatic ring is 1. The minimum atomic E-state index is -0.240. The van der Waals surface area contributed by atoms with Gasteiger partial charge in [-0.05, 0) is 17.7 Å². The van der Waals surface area contributed by atoms with Crippen molar-refractivity contribution in [1.82, 2.24) is 15.5 Å². The average Bonchev–Trinajstić information content (AvgIpc) is 2.72. The number of amides is 1. The zero-order valence-corrected chi connectivity index (χ0v) is 10.5. The zero-order valence-electron chi connectivity index (χ0n) is 8.90. The maximum Gasteiger partial charge on any atom is 0.256 e. The molecule has 0 spiro atoms. The molecule has 1 heterocycles. The average molecular weight is 295 g/mol. The van der Waals surface area contributed by atoms with Crippen LogP contribution >= 0.6 is 15.9 Å². The Morgan fingerprint density at radius 2 is 2.35 bits per heavy atom. The van der Waals surface area contributed by atoms with Crippen LogP contribution < -0.4 is 11.1 Å². The lowest BCUT2D eigenvalue weighted by molar-refractivity contribution is 0.0952. The Kier molecular flexibility index (Phi) is 3.43. The van der Waals surface area contributed by atoms with Crippen LogP contribution in [0.3, 0.4) is 0 Å². The Hall–Kier alpha value is -1.82. The Labute approximate surface area is 107 Å². The molecule has 1 aromatic heterocycles. The molecule has 0 aliphatic rings. The molecular weight excluding hydrogens is 284 g/mol. The van der Waals surface area contributed by atoms with Gasteiger partial charge in [-0.15, -0.1) is 0 Å². The number of H-pyrrole nitrogens is 1. The number of hydrogen-bond donors (Lipinski definition) is 3. The number of nitrogens with two attached hydrogens (primary N) is 1. The van der Waals surface area contributed by atoms with E-state index in [9.17, 15) is 4.79 Å². The van der Waals surface area contributed by atoms with Crippen LogP contribution in [0.15, 0.2) is 34.9 Å². The van der Waals surface area contributed by atoms with Crippen molar-refractivity contribution in [1.29, 1.82) is 0 Å². The molecule has 0 atom stereocenters. The molecule has 0 saturated heterocycles. The van der Waals surface area contributed by atoms with Gasteiger partial charge >= 0.3 is 0 Å². The molecule has 0 aliphatic carbocycles. The minimum absolute atomic E-state index is 0.240. The first kappa shape index (κ1) is 11.7. The number of nitrogens with one attached hydrogen (secondary N) is 2. The summed E-state index contributed by atoms with van der Waals surface area (Å²) in [6, 6.07) is 7.72. The highest BCUT2D eigenvalue weighted by Crippen LogP contribution is 2.12. The molecule has 0 bridgehead atoms. The number of carbonyl (C=O) groups is 1. The van der Waals surface area contributed by atoms with Gasteiger partial charge in [0.25, 0.3) is 5.91 Å². The minimum Gasteiger partial charge on any atom is -0.383 e. The fourth-order valence-electron chi connectivity index (χ4n) is 1.40. The quantitative estimate of drug-likeness (QED) is 0.805. The van der Waals surface area contributed by atoms with Crippen molar-refractivity contribution in [3.63, 3.8) is 0 Å². The van der Waals surface area contributed by atoms with Crippen LogP contribution in [-0.4, -0.2) is 16.1 Å². The molecule has 0 unspecified atom stereocenters. The number of carbonyl (C=O) groups excluding carboxylic acids is 1. The van der Waals surface area contributed by atoms with Crippen LogP contribution in [0, 0.1) is 0 Å². The number of halogens is 1. The molecule has 4 N–H and O–H groups in total. The molecule has 2 aromatic rings. The second-order valence-electron chi connectivity index (χ2n) is 3.51. The number of rotatable bonds is 3. The Morgan fingerprint density at radius 1 is 1.53 bits per heavy atom. The van der Waals surface area contributed by atoms with Crippen molar-refractivity contribution in [2.45, 2.75) is 6.54 Å². The van der Waals surface area contributed by atoms with Gasteiger partial charge in [0.1, 0.15) is 11.4 Å². The summed E-state index contributed by atoms with van der Waals surface area (Å²) in [5.74, 6) is 0.0352. The molecule has 5 nitrogen and oxygen atoms in total. The van der Waals surface area contributed by atoms with Crippen LogP contribution in [-0.2, 0) is 6.54 Å². The van der Waals surface area contributed by atoms with Gasteiger partial charge in [0.2, 0.25) is 0 Å². The van der Waals surface area contributed by atoms with E-state index in [0.29, 0.717) is 12.1 Å². The largest absolute Gasteiger partial charge is 0.383 e. The molecule has 6 heteroatoms. The molecule has 1 aromatic carbocycles. The fourth-order valence-corrected chi connectivity index (χ4v) is 1.85. The van der Waals surface area contributed by atoms with Gasteiger partial charge in [0.05, 0.1) is 6.20 Å². The smallest absolute Gasteiger partial charge is 0.256 e. The van der Waals surface area contributed by atoms with E-state index in [1.54, 1.807) is 0 Å². The third-order valence-electron chi connectivity index (χ3n) is 2.26. The van der Waals surface area contributed by atoms with E-state index in [-0.39, 0.29) is 11.7 Å². The van der Waals surface area contributed by atoms with Gasteiger partial charge in [-0.2, -0.15) is 5.10 Å². The number of aromatic amines is 1. The predicted molar refractivity (Wildman–Crippen MR) is 68.3 cm³/mol. The number of nitrogens with zero attached hydrogens (tertiary/aromatic N) is 1. The van der Waals surface area contributed by atoms with E-state index in [1.165, 1.54) is 6.20 Å². The van der Waals surface area contributed by atoms with Gasteiger partial charge in [-0.1, -0.05) is 28.1 Å². The zero-order chi connectivity index (χ0) is 12.3. The molecule has 88 valence electrons. The summed E-state index contributed by atoms with van der Waals surface area (Å²) in [7, 11) is 0. The van der Waals surface area contributed by atoms with E-state index in [0.717, 1.165) is 10.0 Å². The summed E-state index contributed by atoms with van der Waals surface area (Å²) >= 11 is 3.37. The van der Waals surface area contributed by atoms with E-state index in [1.807, 2.05) is 24.3 Å². The maximum atomic E-state index is 11.7. The molecule has 2 rings (SSSR count). The fraction of sp³-hybridized carbons (Fsp3) is 0.0909. The van der Waals surface area contributed by atoms with E-state index in [2.05, 4.69) is 31.4 Å². The number of aromatic nitrogens is 2. The summed E-state index contributed by atoms with van der Waals surface area (Å²) in [6.45, 7) is 0.447. The Morgan fingerprint density at radius 3 is 3.00 bits per heavy atom. The van der Waals surface area contributed by atoms with E-state index in [4.69, 9.17) is 5.73 Å². The van der Waals surface area contributed by atoms with Gasteiger partial charge < -0.3 is 11.1 Å². The first-order valence-corrected chi connectivity index (χ1v) is 5.77. The van der Waals surface area contributed by atoms with Crippen molar-refractivity contribution in [2.24, 2.45) is 0 Å². The first-order chi connectivity index (χ1) is 8.16. The lowest BCUT2D eigenvalue weighted by Gasteiger charge is -2.04. The number of anilines is 1. The van der Waals surface area contributed by atoms with E-state index >= 15 is 0 Å². The van der Waals surface area contributed by atoms with Crippen molar-refractivity contribution >= 4 is 27.7 Å². The van der Waals surface area contributed by atoms with Crippen molar-refractivity contribution in [3.8, 4) is 0 Å². The highest BCUT2D eigenvalue weighted by molar-refractivity contribution is 9.10. The van der Waals surface area contributed by atoms with Crippen LogP contribution in [0.5, 0.6) is 0 Å². The highest BCUT2D eigenvalue weighted by Gasteiger charge is 2.10. The van der Waals surface area contributed by atoms with Gasteiger partial charge in [-0.25, -0.2) is 0 Å². The van der Waals surface area contributed by atoms with Gasteiger partial charge in [0, 0.05) is 11.0 Å². The monoisotopic (exact) mass is 294 g/mol. The van der Waals surface area contributed by atoms with Crippen LogP contribution in [0.25, 0.3) is 0 Å². The number of hydrogen-bond acceptors (Lipinski definition) is 3. The van der Waals surface area contributed by atoms with Crippen LogP contribution in [0.1, 0.15) is 15.9 Å². The van der Waals surface area contributed by atoms with Crippen molar-refractivity contribution in [3.05, 3.63) is 46.1 Å². The standard InChI is InChI=1S/C11H11BrN4O/c12-8-3-1-2-7(4-8)5-14-11(17)9-6-15-16-10(9)13/h1-4,6H,5H2,(H,14,17)(H3,13,15,16). The molecule has 0 radical (unpaired) electrons. The van der Waals surface area contributed by atoms with Crippen molar-refractivity contribution in [2.75, 3.05) is 5.73 Å². The lowest BCUT2D eigenvalue weighted by atomic mass is 10.2. The lowest BCUT2D eigenvalue weighted by Crippen LogP contribution is -2.23. The molecule has 1 amide bonds. The second kappa shape index (κ2) is 5.01. The molecule has 0 saturated carbocycles. The molecule has 17 heavy (non-hydrogen) atoms. The Bertz CT molecular complexity index is 538. The van der Waals surface area contributed by atoms with Crippen LogP contribution in [0.4, 0.5) is 5.82 Å². The summed E-state index contributed by atoms with van der Waals surface area (Å²) < 4.78 is 0.979. The normalized spacial score (nSPS) is 10.2. The van der Waals surface area contributed by atoms with Gasteiger partial charge in [0.15, 0.2) is 0 Å². The SMILES string of the molecule is Nc1[nH]ncc1C(=O)NCc1cccc(Br)c1. The summed E-state index contributed by atoms with van der Waals surface area (Å²) in [4.78, 5) is 11.7. The summed E-state index contributed by atoms with van der Waals surface area (Å²) in [5.41, 5.74) is 6.92.